The molecule has 0 spiro atoms. The number of hydrogen-bond acceptors (Lipinski definition) is 1. The first-order valence-electron chi connectivity index (χ1n) is 13.1. The molecule has 1 N–H and O–H groups in total. The van der Waals surface area contributed by atoms with Crippen molar-refractivity contribution < 1.29 is 0 Å². The summed E-state index contributed by atoms with van der Waals surface area (Å²) >= 11 is 0. The molecular weight excluding hydrogens is 338 g/mol. The van der Waals surface area contributed by atoms with Gasteiger partial charge in [0.1, 0.15) is 0 Å². The predicted octanol–water partition coefficient (Wildman–Crippen LogP) is 7.31. The zero-order chi connectivity index (χ0) is 19.9. The topological polar surface area (TPSA) is 12.0 Å². The smallest absolute Gasteiger partial charge is 0.00435 e. The highest BCUT2D eigenvalue weighted by Crippen LogP contribution is 2.67. The summed E-state index contributed by atoms with van der Waals surface area (Å²) in [5.41, 5.74) is 1.29. The van der Waals surface area contributed by atoms with E-state index >= 15 is 0 Å². The Hall–Kier alpha value is -0.0400. The molecule has 1 nitrogen and oxygen atoms in total. The molecule has 3 saturated carbocycles. The second kappa shape index (κ2) is 8.24. The summed E-state index contributed by atoms with van der Waals surface area (Å²) in [7, 11) is 0. The van der Waals surface area contributed by atoms with Crippen LogP contribution in [0.15, 0.2) is 0 Å². The van der Waals surface area contributed by atoms with Crippen LogP contribution in [-0.4, -0.2) is 13.1 Å². The highest BCUT2D eigenvalue weighted by atomic mass is 14.9. The number of rotatable bonds is 5. The first-order chi connectivity index (χ1) is 13.4. The number of fused-ring (bicyclic) bond motifs is 5. The van der Waals surface area contributed by atoms with Crippen LogP contribution < -0.4 is 5.32 Å². The van der Waals surface area contributed by atoms with Gasteiger partial charge in [0.05, 0.1) is 0 Å². The van der Waals surface area contributed by atoms with Gasteiger partial charge in [-0.2, -0.15) is 0 Å². The maximum absolute atomic E-state index is 3.73. The molecule has 1 heterocycles. The van der Waals surface area contributed by atoms with Crippen molar-refractivity contribution in [3.8, 4) is 0 Å². The molecule has 4 aliphatic rings. The lowest BCUT2D eigenvalue weighted by molar-refractivity contribution is -0.101. The lowest BCUT2D eigenvalue weighted by Gasteiger charge is -2.59. The molecule has 1 saturated heterocycles. The van der Waals surface area contributed by atoms with Gasteiger partial charge in [0, 0.05) is 0 Å². The molecule has 28 heavy (non-hydrogen) atoms. The Morgan fingerprint density at radius 1 is 0.786 bits per heavy atom. The fourth-order valence-electron chi connectivity index (χ4n) is 9.18. The van der Waals surface area contributed by atoms with Crippen LogP contribution in [0.2, 0.25) is 0 Å². The highest BCUT2D eigenvalue weighted by molar-refractivity contribution is 5.09. The Balaban J connectivity index is 1.47. The average Bonchev–Trinajstić information content (AvgIpc) is 2.87. The summed E-state index contributed by atoms with van der Waals surface area (Å²) < 4.78 is 0. The largest absolute Gasteiger partial charge is 0.317 e. The van der Waals surface area contributed by atoms with Crippen LogP contribution in [0.3, 0.4) is 0 Å². The van der Waals surface area contributed by atoms with Gasteiger partial charge in [-0.05, 0) is 117 Å². The summed E-state index contributed by atoms with van der Waals surface area (Å²) in [6.07, 6.45) is 16.5. The highest BCUT2D eigenvalue weighted by Gasteiger charge is 2.59. The number of hydrogen-bond donors (Lipinski definition) is 1. The van der Waals surface area contributed by atoms with E-state index in [9.17, 15) is 0 Å². The Kier molecular flexibility index (Phi) is 6.24. The monoisotopic (exact) mass is 387 g/mol. The van der Waals surface area contributed by atoms with E-state index in [1.165, 1.54) is 64.5 Å². The van der Waals surface area contributed by atoms with Crippen LogP contribution in [0.25, 0.3) is 0 Å². The molecule has 8 atom stereocenters. The first-order valence-corrected chi connectivity index (χ1v) is 13.1. The molecule has 162 valence electrons. The molecule has 4 rings (SSSR count). The summed E-state index contributed by atoms with van der Waals surface area (Å²) in [6, 6.07) is 0. The standard InChI is InChI=1S/C27H49N/c1-19(2)7-6-8-20(3)23-11-12-24-22-10-9-21-14-17-28-18-16-26(21,4)25(22)13-15-27(23,24)5/h19-25,28H,6-18H2,1-5H3/t20-,21?,22?,23-,24?,25?,26+,27-/m1/s1. The molecule has 0 radical (unpaired) electrons. The lowest BCUT2D eigenvalue weighted by Crippen LogP contribution is -2.52. The third-order valence-electron chi connectivity index (χ3n) is 10.8. The Bertz CT molecular complexity index is 526. The van der Waals surface area contributed by atoms with E-state index in [4.69, 9.17) is 0 Å². The minimum Gasteiger partial charge on any atom is -0.317 e. The summed E-state index contributed by atoms with van der Waals surface area (Å²) in [5.74, 6) is 6.94. The van der Waals surface area contributed by atoms with Crippen molar-refractivity contribution in [2.24, 2.45) is 52.3 Å². The minimum atomic E-state index is 0.634. The molecule has 0 aromatic carbocycles. The van der Waals surface area contributed by atoms with Crippen molar-refractivity contribution in [3.05, 3.63) is 0 Å². The van der Waals surface area contributed by atoms with E-state index in [0.717, 1.165) is 41.4 Å². The SMILES string of the molecule is CC(C)CCC[C@@H](C)[C@H]1CCC2C3CCC4CCNCC[C@]4(C)C3CC[C@@]21C. The van der Waals surface area contributed by atoms with Crippen LogP contribution in [0.5, 0.6) is 0 Å². The molecular formula is C27H49N. The third-order valence-corrected chi connectivity index (χ3v) is 10.8. The molecule has 4 fully saturated rings. The number of nitrogens with one attached hydrogen (secondary N) is 1. The Labute approximate surface area is 176 Å². The van der Waals surface area contributed by atoms with Gasteiger partial charge >= 0.3 is 0 Å². The molecule has 4 unspecified atom stereocenters. The Morgan fingerprint density at radius 2 is 1.57 bits per heavy atom. The van der Waals surface area contributed by atoms with E-state index in [1.807, 2.05) is 0 Å². The maximum atomic E-state index is 3.73. The van der Waals surface area contributed by atoms with E-state index in [2.05, 4.69) is 39.9 Å². The van der Waals surface area contributed by atoms with Gasteiger partial charge in [-0.3, -0.25) is 0 Å². The van der Waals surface area contributed by atoms with Crippen molar-refractivity contribution in [1.82, 2.24) is 5.32 Å². The van der Waals surface area contributed by atoms with Crippen LogP contribution in [0, 0.1) is 52.3 Å². The van der Waals surface area contributed by atoms with Crippen molar-refractivity contribution in [1.29, 1.82) is 0 Å². The van der Waals surface area contributed by atoms with E-state index in [-0.39, 0.29) is 0 Å². The van der Waals surface area contributed by atoms with Crippen molar-refractivity contribution in [3.63, 3.8) is 0 Å². The van der Waals surface area contributed by atoms with Gasteiger partial charge < -0.3 is 5.32 Å². The van der Waals surface area contributed by atoms with Crippen molar-refractivity contribution in [2.75, 3.05) is 13.1 Å². The zero-order valence-electron chi connectivity index (χ0n) is 19.7. The van der Waals surface area contributed by atoms with Gasteiger partial charge in [-0.25, -0.2) is 0 Å². The quantitative estimate of drug-likeness (QED) is 0.521. The third kappa shape index (κ3) is 3.61. The van der Waals surface area contributed by atoms with Crippen LogP contribution in [0.1, 0.15) is 105 Å². The van der Waals surface area contributed by atoms with Crippen LogP contribution >= 0.6 is 0 Å². The van der Waals surface area contributed by atoms with Gasteiger partial charge in [-0.1, -0.05) is 53.9 Å². The molecule has 0 bridgehead atoms. The molecule has 0 aromatic heterocycles. The van der Waals surface area contributed by atoms with E-state index in [1.54, 1.807) is 19.3 Å². The van der Waals surface area contributed by atoms with Crippen molar-refractivity contribution >= 4 is 0 Å². The Morgan fingerprint density at radius 3 is 2.36 bits per heavy atom. The first kappa shape index (κ1) is 21.2. The second-order valence-corrected chi connectivity index (χ2v) is 12.5. The van der Waals surface area contributed by atoms with Gasteiger partial charge in [0.15, 0.2) is 0 Å². The molecule has 1 aliphatic heterocycles. The fourth-order valence-corrected chi connectivity index (χ4v) is 9.18. The minimum absolute atomic E-state index is 0.634. The van der Waals surface area contributed by atoms with E-state index in [0.29, 0.717) is 10.8 Å². The van der Waals surface area contributed by atoms with Gasteiger partial charge in [-0.15, -0.1) is 0 Å². The van der Waals surface area contributed by atoms with Crippen LogP contribution in [-0.2, 0) is 0 Å². The molecule has 1 heteroatoms. The summed E-state index contributed by atoms with van der Waals surface area (Å²) in [6.45, 7) is 15.4. The van der Waals surface area contributed by atoms with Crippen LogP contribution in [0.4, 0.5) is 0 Å². The molecule has 0 amide bonds. The predicted molar refractivity (Wildman–Crippen MR) is 121 cm³/mol. The van der Waals surface area contributed by atoms with E-state index < -0.39 is 0 Å². The van der Waals surface area contributed by atoms with Crippen molar-refractivity contribution in [2.45, 2.75) is 105 Å². The van der Waals surface area contributed by atoms with Gasteiger partial charge in [0.25, 0.3) is 0 Å². The normalized spacial score (nSPS) is 47.1. The summed E-state index contributed by atoms with van der Waals surface area (Å²) in [5, 5.41) is 3.73. The second-order valence-electron chi connectivity index (χ2n) is 12.5. The average molecular weight is 388 g/mol. The lowest BCUT2D eigenvalue weighted by atomic mass is 9.46. The summed E-state index contributed by atoms with van der Waals surface area (Å²) in [4.78, 5) is 0. The molecule has 3 aliphatic carbocycles. The zero-order valence-corrected chi connectivity index (χ0v) is 19.7. The maximum Gasteiger partial charge on any atom is -0.00435 e. The molecule has 0 aromatic rings. The fraction of sp³-hybridized carbons (Fsp3) is 1.00. The van der Waals surface area contributed by atoms with Gasteiger partial charge in [0.2, 0.25) is 0 Å².